The van der Waals surface area contributed by atoms with Crippen LogP contribution in [-0.4, -0.2) is 33.4 Å². The fraction of sp³-hybridized carbons (Fsp3) is 0.200. The molecule has 0 N–H and O–H groups in total. The van der Waals surface area contributed by atoms with E-state index in [-0.39, 0.29) is 23.9 Å². The van der Waals surface area contributed by atoms with Gasteiger partial charge in [0.05, 0.1) is 11.3 Å². The number of carbonyl (C=O) groups is 2. The van der Waals surface area contributed by atoms with Gasteiger partial charge in [0.25, 0.3) is 0 Å². The van der Waals surface area contributed by atoms with E-state index in [1.54, 1.807) is 18.2 Å². The van der Waals surface area contributed by atoms with Crippen molar-refractivity contribution in [1.82, 2.24) is 0 Å². The number of ether oxygens (including phenoxy) is 3. The summed E-state index contributed by atoms with van der Waals surface area (Å²) in [6, 6.07) is 10.7. The zero-order chi connectivity index (χ0) is 20.7. The van der Waals surface area contributed by atoms with E-state index in [1.807, 2.05) is 6.92 Å². The smallest absolute Gasteiger partial charge is 0.333 e. The quantitative estimate of drug-likeness (QED) is 0.289. The molecule has 148 valence electrons. The van der Waals surface area contributed by atoms with Crippen molar-refractivity contribution in [3.05, 3.63) is 66.2 Å². The highest BCUT2D eigenvalue weighted by Gasteiger charge is 2.11. The van der Waals surface area contributed by atoms with Gasteiger partial charge in [0, 0.05) is 12.3 Å². The molecule has 0 aliphatic heterocycles. The van der Waals surface area contributed by atoms with Crippen LogP contribution in [-0.2, 0) is 30.6 Å². The van der Waals surface area contributed by atoms with Crippen molar-refractivity contribution in [3.8, 4) is 11.5 Å². The maximum absolute atomic E-state index is 12.1. The molecule has 0 aliphatic rings. The minimum absolute atomic E-state index is 0.0331. The predicted molar refractivity (Wildman–Crippen MR) is 102 cm³/mol. The first-order valence-electron chi connectivity index (χ1n) is 8.21. The lowest BCUT2D eigenvalue weighted by atomic mass is 10.1. The molecule has 0 saturated heterocycles. The van der Waals surface area contributed by atoms with Crippen molar-refractivity contribution in [2.75, 3.05) is 13.0 Å². The van der Waals surface area contributed by atoms with Gasteiger partial charge in [0.1, 0.15) is 11.5 Å². The van der Waals surface area contributed by atoms with E-state index in [1.165, 1.54) is 24.3 Å². The van der Waals surface area contributed by atoms with Crippen molar-refractivity contribution in [2.24, 2.45) is 0 Å². The largest absolute Gasteiger partial charge is 0.457 e. The molecule has 0 radical (unpaired) electrons. The maximum atomic E-state index is 12.1. The van der Waals surface area contributed by atoms with Gasteiger partial charge in [-0.3, -0.25) is 4.79 Å². The number of hydrogen-bond donors (Lipinski definition) is 0. The zero-order valence-corrected chi connectivity index (χ0v) is 16.3. The highest BCUT2D eigenvalue weighted by atomic mass is 32.2. The third kappa shape index (κ3) is 6.24. The first kappa shape index (κ1) is 21.2. The number of aryl methyl sites for hydroxylation is 1. The number of carbonyl (C=O) groups excluding carboxylic acids is 2. The Morgan fingerprint density at radius 3 is 2.29 bits per heavy atom. The first-order valence-corrected chi connectivity index (χ1v) is 10.1. The minimum Gasteiger partial charge on any atom is -0.457 e. The van der Waals surface area contributed by atoms with Crippen LogP contribution >= 0.6 is 0 Å². The van der Waals surface area contributed by atoms with E-state index < -0.39 is 21.8 Å². The number of sulfone groups is 1. The Balaban J connectivity index is 1.94. The lowest BCUT2D eigenvalue weighted by Crippen LogP contribution is -2.12. The van der Waals surface area contributed by atoms with Gasteiger partial charge in [-0.25, -0.2) is 13.2 Å². The van der Waals surface area contributed by atoms with Crippen LogP contribution in [0.25, 0.3) is 0 Å². The number of rotatable bonds is 8. The second-order valence-corrected chi connectivity index (χ2v) is 7.93. The fourth-order valence-electron chi connectivity index (χ4n) is 2.25. The molecule has 0 unspecified atom stereocenters. The summed E-state index contributed by atoms with van der Waals surface area (Å²) in [5, 5.41) is 0. The topological polar surface area (TPSA) is 96.0 Å². The predicted octanol–water partition coefficient (Wildman–Crippen LogP) is 2.61. The van der Waals surface area contributed by atoms with E-state index in [2.05, 4.69) is 6.58 Å². The Morgan fingerprint density at radius 2 is 1.71 bits per heavy atom. The molecular weight excluding hydrogens is 384 g/mol. The third-order valence-corrected chi connectivity index (χ3v) is 4.85. The number of esters is 2. The van der Waals surface area contributed by atoms with Gasteiger partial charge in [-0.1, -0.05) is 12.6 Å². The summed E-state index contributed by atoms with van der Waals surface area (Å²) in [5.74, 6) is -0.314. The number of benzene rings is 2. The summed E-state index contributed by atoms with van der Waals surface area (Å²) < 4.78 is 38.2. The van der Waals surface area contributed by atoms with Gasteiger partial charge in [-0.2, -0.15) is 0 Å². The van der Waals surface area contributed by atoms with E-state index >= 15 is 0 Å². The van der Waals surface area contributed by atoms with E-state index in [0.29, 0.717) is 5.75 Å². The second-order valence-electron chi connectivity index (χ2n) is 5.91. The summed E-state index contributed by atoms with van der Waals surface area (Å²) in [4.78, 5) is 23.3. The van der Waals surface area contributed by atoms with Gasteiger partial charge in [0.2, 0.25) is 6.79 Å². The third-order valence-electron chi connectivity index (χ3n) is 3.73. The first-order chi connectivity index (χ1) is 13.2. The molecule has 0 atom stereocenters. The SMILES string of the molecule is C=CC(=O)OCOc1ccc(CC(=O)Oc2ccc(S(C)(=O)=O)cc2)c(C)c1. The van der Waals surface area contributed by atoms with Crippen molar-refractivity contribution in [1.29, 1.82) is 0 Å². The molecule has 0 amide bonds. The lowest BCUT2D eigenvalue weighted by Gasteiger charge is -2.10. The van der Waals surface area contributed by atoms with E-state index in [4.69, 9.17) is 14.2 Å². The Labute approximate surface area is 163 Å². The summed E-state index contributed by atoms with van der Waals surface area (Å²) >= 11 is 0. The average Bonchev–Trinajstić information content (AvgIpc) is 2.63. The van der Waals surface area contributed by atoms with Crippen molar-refractivity contribution < 1.29 is 32.2 Å². The molecular formula is C20H20O7S. The van der Waals surface area contributed by atoms with Crippen molar-refractivity contribution >= 4 is 21.8 Å². The molecule has 0 saturated carbocycles. The van der Waals surface area contributed by atoms with Crippen LogP contribution in [0.1, 0.15) is 11.1 Å². The molecule has 0 aromatic heterocycles. The van der Waals surface area contributed by atoms with Gasteiger partial charge in [-0.05, 0) is 54.4 Å². The van der Waals surface area contributed by atoms with Crippen LogP contribution in [0.15, 0.2) is 60.0 Å². The standard InChI is InChI=1S/C20H20O7S/c1-4-19(21)26-13-25-17-6-5-15(14(2)11-17)12-20(22)27-16-7-9-18(10-8-16)28(3,23)24/h4-11H,1,12-13H2,2-3H3. The summed E-state index contributed by atoms with van der Waals surface area (Å²) in [7, 11) is -3.30. The van der Waals surface area contributed by atoms with E-state index in [9.17, 15) is 18.0 Å². The normalized spacial score (nSPS) is 10.8. The molecule has 8 heteroatoms. The van der Waals surface area contributed by atoms with Gasteiger partial charge < -0.3 is 14.2 Å². The molecule has 0 heterocycles. The van der Waals surface area contributed by atoms with Crippen LogP contribution in [0, 0.1) is 6.92 Å². The summed E-state index contributed by atoms with van der Waals surface area (Å²) in [6.07, 6.45) is 2.18. The monoisotopic (exact) mass is 404 g/mol. The van der Waals surface area contributed by atoms with Gasteiger partial charge >= 0.3 is 11.9 Å². The van der Waals surface area contributed by atoms with Crippen LogP contribution < -0.4 is 9.47 Å². The van der Waals surface area contributed by atoms with Crippen molar-refractivity contribution in [3.63, 3.8) is 0 Å². The Morgan fingerprint density at radius 1 is 1.07 bits per heavy atom. The number of hydrogen-bond acceptors (Lipinski definition) is 7. The van der Waals surface area contributed by atoms with Crippen LogP contribution in [0.4, 0.5) is 0 Å². The summed E-state index contributed by atoms with van der Waals surface area (Å²) in [5.41, 5.74) is 1.55. The molecule has 0 aliphatic carbocycles. The maximum Gasteiger partial charge on any atom is 0.333 e. The van der Waals surface area contributed by atoms with Gasteiger partial charge in [-0.15, -0.1) is 0 Å². The Bertz CT molecular complexity index is 976. The highest BCUT2D eigenvalue weighted by molar-refractivity contribution is 7.90. The molecule has 28 heavy (non-hydrogen) atoms. The van der Waals surface area contributed by atoms with Gasteiger partial charge in [0.15, 0.2) is 9.84 Å². The van der Waals surface area contributed by atoms with E-state index in [0.717, 1.165) is 23.5 Å². The molecule has 0 fully saturated rings. The molecule has 0 spiro atoms. The average molecular weight is 404 g/mol. The van der Waals surface area contributed by atoms with Crippen molar-refractivity contribution in [2.45, 2.75) is 18.2 Å². The lowest BCUT2D eigenvalue weighted by molar-refractivity contribution is -0.144. The van der Waals surface area contributed by atoms with Crippen LogP contribution in [0.2, 0.25) is 0 Å². The Kier molecular flexibility index (Phi) is 6.94. The molecule has 7 nitrogen and oxygen atoms in total. The minimum atomic E-state index is -3.30. The van der Waals surface area contributed by atoms with Crippen LogP contribution in [0.5, 0.6) is 11.5 Å². The molecule has 0 bridgehead atoms. The molecule has 2 aromatic rings. The molecule has 2 rings (SSSR count). The molecule has 2 aromatic carbocycles. The fourth-order valence-corrected chi connectivity index (χ4v) is 2.88. The highest BCUT2D eigenvalue weighted by Crippen LogP contribution is 2.20. The Hall–Kier alpha value is -3.13. The second kappa shape index (κ2) is 9.18. The van der Waals surface area contributed by atoms with Crippen LogP contribution in [0.3, 0.4) is 0 Å². The zero-order valence-electron chi connectivity index (χ0n) is 15.5. The summed E-state index contributed by atoms with van der Waals surface area (Å²) in [6.45, 7) is 4.85.